The molecule has 30 heavy (non-hydrogen) atoms. The van der Waals surface area contributed by atoms with Gasteiger partial charge in [-0.25, -0.2) is 0 Å². The molecule has 0 atom stereocenters. The van der Waals surface area contributed by atoms with Crippen molar-refractivity contribution in [2.45, 2.75) is 25.8 Å². The lowest BCUT2D eigenvalue weighted by Gasteiger charge is -2.31. The number of fused-ring (bicyclic) bond motifs is 1. The van der Waals surface area contributed by atoms with Crippen molar-refractivity contribution in [3.05, 3.63) is 45.9 Å². The Bertz CT molecular complexity index is 930. The van der Waals surface area contributed by atoms with Crippen LogP contribution >= 0.6 is 23.2 Å². The SMILES string of the molecule is O=C(Nc1cc(Cl)ccc1O)C1CCN(Cc2cc(Cl)c3c(c2)OCCCO3)CC1. The summed E-state index contributed by atoms with van der Waals surface area (Å²) in [7, 11) is 0. The number of carbonyl (C=O) groups excluding carboxylic acids is 1. The molecule has 0 bridgehead atoms. The molecule has 160 valence electrons. The predicted octanol–water partition coefficient (Wildman–Crippen LogP) is 4.71. The van der Waals surface area contributed by atoms with Gasteiger partial charge in [-0.15, -0.1) is 0 Å². The number of phenols is 1. The van der Waals surface area contributed by atoms with Crippen LogP contribution in [0.4, 0.5) is 5.69 Å². The van der Waals surface area contributed by atoms with Gasteiger partial charge in [0.2, 0.25) is 5.91 Å². The molecule has 2 aliphatic heterocycles. The number of piperidine rings is 1. The molecule has 2 aromatic rings. The number of ether oxygens (including phenoxy) is 2. The minimum absolute atomic E-state index is 0.0106. The summed E-state index contributed by atoms with van der Waals surface area (Å²) in [6.07, 6.45) is 2.32. The lowest BCUT2D eigenvalue weighted by molar-refractivity contribution is -0.121. The first-order valence-corrected chi connectivity index (χ1v) is 10.8. The minimum Gasteiger partial charge on any atom is -0.506 e. The van der Waals surface area contributed by atoms with E-state index in [0.717, 1.165) is 44.5 Å². The van der Waals surface area contributed by atoms with Crippen molar-refractivity contribution in [1.29, 1.82) is 0 Å². The zero-order chi connectivity index (χ0) is 21.1. The van der Waals surface area contributed by atoms with Crippen molar-refractivity contribution in [3.63, 3.8) is 0 Å². The van der Waals surface area contributed by atoms with Crippen LogP contribution in [0.5, 0.6) is 17.2 Å². The Hall–Kier alpha value is -2.15. The van der Waals surface area contributed by atoms with Gasteiger partial charge in [-0.3, -0.25) is 9.69 Å². The van der Waals surface area contributed by atoms with Crippen LogP contribution in [0.1, 0.15) is 24.8 Å². The third kappa shape index (κ3) is 4.94. The number of likely N-dealkylation sites (tertiary alicyclic amines) is 1. The van der Waals surface area contributed by atoms with Gasteiger partial charge in [-0.1, -0.05) is 23.2 Å². The number of halogens is 2. The van der Waals surface area contributed by atoms with Gasteiger partial charge >= 0.3 is 0 Å². The Morgan fingerprint density at radius 2 is 1.90 bits per heavy atom. The zero-order valence-corrected chi connectivity index (χ0v) is 18.0. The molecule has 0 radical (unpaired) electrons. The van der Waals surface area contributed by atoms with Gasteiger partial charge in [0.25, 0.3) is 0 Å². The highest BCUT2D eigenvalue weighted by Crippen LogP contribution is 2.38. The van der Waals surface area contributed by atoms with E-state index in [0.29, 0.717) is 40.4 Å². The first kappa shape index (κ1) is 21.1. The fraction of sp³-hybridized carbons (Fsp3) is 0.409. The van der Waals surface area contributed by atoms with Gasteiger partial charge in [-0.2, -0.15) is 0 Å². The predicted molar refractivity (Wildman–Crippen MR) is 117 cm³/mol. The van der Waals surface area contributed by atoms with E-state index in [1.54, 1.807) is 12.1 Å². The fourth-order valence-corrected chi connectivity index (χ4v) is 4.29. The van der Waals surface area contributed by atoms with Crippen molar-refractivity contribution in [2.75, 3.05) is 31.6 Å². The summed E-state index contributed by atoms with van der Waals surface area (Å²) in [5.74, 6) is 1.14. The molecule has 0 spiro atoms. The summed E-state index contributed by atoms with van der Waals surface area (Å²) < 4.78 is 11.5. The molecule has 0 saturated carbocycles. The number of carbonyl (C=O) groups is 1. The average molecular weight is 451 g/mol. The summed E-state index contributed by atoms with van der Waals surface area (Å²) in [5, 5.41) is 13.7. The van der Waals surface area contributed by atoms with Crippen molar-refractivity contribution in [1.82, 2.24) is 4.90 Å². The van der Waals surface area contributed by atoms with Crippen LogP contribution in [-0.2, 0) is 11.3 Å². The Kier molecular flexibility index (Phi) is 6.56. The van der Waals surface area contributed by atoms with Gasteiger partial charge in [-0.05, 0) is 61.8 Å². The van der Waals surface area contributed by atoms with Crippen LogP contribution in [-0.4, -0.2) is 42.2 Å². The fourth-order valence-electron chi connectivity index (χ4n) is 3.83. The molecule has 2 aromatic carbocycles. The average Bonchev–Trinajstić information content (AvgIpc) is 2.97. The van der Waals surface area contributed by atoms with Crippen molar-refractivity contribution < 1.29 is 19.4 Å². The maximum Gasteiger partial charge on any atom is 0.227 e. The van der Waals surface area contributed by atoms with E-state index in [-0.39, 0.29) is 17.6 Å². The van der Waals surface area contributed by atoms with E-state index in [2.05, 4.69) is 10.2 Å². The van der Waals surface area contributed by atoms with Crippen LogP contribution in [0.2, 0.25) is 10.0 Å². The van der Waals surface area contributed by atoms with Gasteiger partial charge in [0.05, 0.1) is 23.9 Å². The molecule has 4 rings (SSSR count). The van der Waals surface area contributed by atoms with E-state index >= 15 is 0 Å². The molecule has 0 aliphatic carbocycles. The third-order valence-electron chi connectivity index (χ3n) is 5.44. The van der Waals surface area contributed by atoms with E-state index < -0.39 is 0 Å². The largest absolute Gasteiger partial charge is 0.506 e. The summed E-state index contributed by atoms with van der Waals surface area (Å²) in [6, 6.07) is 8.53. The molecule has 2 aliphatic rings. The maximum atomic E-state index is 12.6. The Labute approximate surface area is 185 Å². The van der Waals surface area contributed by atoms with Gasteiger partial charge in [0.1, 0.15) is 5.75 Å². The number of rotatable bonds is 4. The highest BCUT2D eigenvalue weighted by atomic mass is 35.5. The lowest BCUT2D eigenvalue weighted by Crippen LogP contribution is -2.37. The summed E-state index contributed by atoms with van der Waals surface area (Å²) in [6.45, 7) is 3.56. The number of phenolic OH excluding ortho intramolecular Hbond substituents is 1. The molecule has 2 heterocycles. The number of hydrogen-bond acceptors (Lipinski definition) is 5. The van der Waals surface area contributed by atoms with E-state index in [1.165, 1.54) is 6.07 Å². The van der Waals surface area contributed by atoms with E-state index in [1.807, 2.05) is 12.1 Å². The van der Waals surface area contributed by atoms with E-state index in [4.69, 9.17) is 32.7 Å². The second kappa shape index (κ2) is 9.33. The number of benzene rings is 2. The van der Waals surface area contributed by atoms with Crippen LogP contribution in [0.3, 0.4) is 0 Å². The van der Waals surface area contributed by atoms with Crippen LogP contribution in [0.25, 0.3) is 0 Å². The number of hydrogen-bond donors (Lipinski definition) is 2. The normalized spacial score (nSPS) is 17.4. The number of aromatic hydroxyl groups is 1. The second-order valence-corrected chi connectivity index (χ2v) is 8.50. The monoisotopic (exact) mass is 450 g/mol. The van der Waals surface area contributed by atoms with Crippen molar-refractivity contribution >= 4 is 34.8 Å². The highest BCUT2D eigenvalue weighted by Gasteiger charge is 2.26. The molecule has 0 unspecified atom stereocenters. The van der Waals surface area contributed by atoms with Crippen LogP contribution in [0.15, 0.2) is 30.3 Å². The van der Waals surface area contributed by atoms with Crippen LogP contribution in [0, 0.1) is 5.92 Å². The molecule has 0 aromatic heterocycles. The number of amides is 1. The topological polar surface area (TPSA) is 71.0 Å². The summed E-state index contributed by atoms with van der Waals surface area (Å²) in [5.41, 5.74) is 1.41. The van der Waals surface area contributed by atoms with Gasteiger partial charge < -0.3 is 19.9 Å². The molecule has 6 nitrogen and oxygen atoms in total. The Morgan fingerprint density at radius 1 is 1.13 bits per heavy atom. The first-order chi connectivity index (χ1) is 14.5. The number of nitrogens with one attached hydrogen (secondary N) is 1. The number of nitrogens with zero attached hydrogens (tertiary/aromatic N) is 1. The summed E-state index contributed by atoms with van der Waals surface area (Å²) >= 11 is 12.3. The van der Waals surface area contributed by atoms with Crippen molar-refractivity contribution in [2.24, 2.45) is 5.92 Å². The molecular weight excluding hydrogens is 427 g/mol. The summed E-state index contributed by atoms with van der Waals surface area (Å²) in [4.78, 5) is 14.9. The highest BCUT2D eigenvalue weighted by molar-refractivity contribution is 6.32. The maximum absolute atomic E-state index is 12.6. The minimum atomic E-state index is -0.105. The molecule has 1 saturated heterocycles. The molecule has 1 amide bonds. The standard InChI is InChI=1S/C22H24Cl2N2O4/c23-16-2-3-19(27)18(12-16)25-22(28)15-4-6-26(7-5-15)13-14-10-17(24)21-20(11-14)29-8-1-9-30-21/h2-3,10-12,15,27H,1,4-9,13H2,(H,25,28). The molecule has 8 heteroatoms. The van der Waals surface area contributed by atoms with Gasteiger partial charge in [0, 0.05) is 23.9 Å². The van der Waals surface area contributed by atoms with E-state index in [9.17, 15) is 9.90 Å². The van der Waals surface area contributed by atoms with Crippen molar-refractivity contribution in [3.8, 4) is 17.2 Å². The first-order valence-electron chi connectivity index (χ1n) is 10.1. The Morgan fingerprint density at radius 3 is 2.70 bits per heavy atom. The zero-order valence-electron chi connectivity index (χ0n) is 16.5. The van der Waals surface area contributed by atoms with Gasteiger partial charge in [0.15, 0.2) is 11.5 Å². The second-order valence-electron chi connectivity index (χ2n) is 7.66. The molecule has 1 fully saturated rings. The molecule has 2 N–H and O–H groups in total. The Balaban J connectivity index is 1.33. The lowest BCUT2D eigenvalue weighted by atomic mass is 9.95. The molecular formula is C22H24Cl2N2O4. The third-order valence-corrected chi connectivity index (χ3v) is 5.96. The smallest absolute Gasteiger partial charge is 0.227 e. The quantitative estimate of drug-likeness (QED) is 0.659. The number of anilines is 1. The van der Waals surface area contributed by atoms with Crippen LogP contribution < -0.4 is 14.8 Å².